The zero-order valence-corrected chi connectivity index (χ0v) is 39.2. The van der Waals surface area contributed by atoms with Crippen molar-refractivity contribution in [3.8, 4) is 50.1 Å². The van der Waals surface area contributed by atoms with Crippen molar-refractivity contribution in [1.29, 1.82) is 0 Å². The Bertz CT molecular complexity index is 2660. The molecule has 4 aromatic carbocycles. The minimum absolute atomic E-state index is 0. The van der Waals surface area contributed by atoms with Crippen molar-refractivity contribution in [2.75, 3.05) is 0 Å². The molecule has 1 N–H and O–H groups in total. The number of benzene rings is 4. The third-order valence-electron chi connectivity index (χ3n) is 11.0. The van der Waals surface area contributed by atoms with Crippen LogP contribution in [0.3, 0.4) is 0 Å². The van der Waals surface area contributed by atoms with Crippen LogP contribution in [0.15, 0.2) is 84.9 Å². The summed E-state index contributed by atoms with van der Waals surface area (Å²) in [4.78, 5) is 12.0. The van der Waals surface area contributed by atoms with Gasteiger partial charge in [0.2, 0.25) is 0 Å². The Labute approximate surface area is 359 Å². The molecule has 0 spiro atoms. The first kappa shape index (κ1) is 42.5. The topological polar surface area (TPSA) is 46.0 Å². The van der Waals surface area contributed by atoms with Gasteiger partial charge in [0.25, 0.3) is 0 Å². The van der Waals surface area contributed by atoms with Crippen LogP contribution in [0.4, 0.5) is 0 Å². The zero-order chi connectivity index (χ0) is 40.7. The van der Waals surface area contributed by atoms with E-state index in [9.17, 15) is 5.11 Å². The number of phenols is 1. The van der Waals surface area contributed by atoms with E-state index in [-0.39, 0.29) is 48.5 Å². The normalized spacial score (nSPS) is 12.7. The molecule has 7 aromatic rings. The molecule has 7 rings (SSSR count). The first-order valence-electron chi connectivity index (χ1n) is 19.9. The number of fused-ring (bicyclic) bond motifs is 2. The van der Waals surface area contributed by atoms with Gasteiger partial charge in [-0.3, -0.25) is 4.98 Å². The maximum atomic E-state index is 11.9. The van der Waals surface area contributed by atoms with E-state index in [1.807, 2.05) is 0 Å². The summed E-state index contributed by atoms with van der Waals surface area (Å²) in [7, 11) is 0. The fourth-order valence-electron chi connectivity index (χ4n) is 7.65. The van der Waals surface area contributed by atoms with Crippen molar-refractivity contribution in [3.05, 3.63) is 124 Å². The summed E-state index contributed by atoms with van der Waals surface area (Å²) in [5.41, 5.74) is 12.8. The Kier molecular flexibility index (Phi) is 11.1. The molecule has 0 fully saturated rings. The van der Waals surface area contributed by atoms with Crippen molar-refractivity contribution < 1.29 is 26.2 Å². The average molecular weight is 953 g/mol. The van der Waals surface area contributed by atoms with Crippen LogP contribution in [0.5, 0.6) is 5.75 Å². The number of thiophene rings is 1. The van der Waals surface area contributed by atoms with Gasteiger partial charge in [-0.05, 0) is 99.0 Å². The smallest absolute Gasteiger partial charge is 0.128 e. The van der Waals surface area contributed by atoms with E-state index in [0.29, 0.717) is 0 Å². The van der Waals surface area contributed by atoms with Crippen molar-refractivity contribution >= 4 is 32.2 Å². The Morgan fingerprint density at radius 3 is 1.84 bits per heavy atom. The summed E-state index contributed by atoms with van der Waals surface area (Å²) in [6, 6.07) is 34.6. The number of hydrogen-bond acceptors (Lipinski definition) is 4. The molecular weight excluding hydrogens is 896 g/mol. The first-order chi connectivity index (χ1) is 26.0. The van der Waals surface area contributed by atoms with E-state index in [0.717, 1.165) is 60.5 Å². The number of pyridine rings is 2. The number of nitrogens with zero attached hydrogens (tertiary/aromatic N) is 2. The summed E-state index contributed by atoms with van der Waals surface area (Å²) in [6.07, 6.45) is 0. The zero-order valence-electron chi connectivity index (χ0n) is 36.1. The second-order valence-electron chi connectivity index (χ2n) is 19.9. The van der Waals surface area contributed by atoms with E-state index in [1.54, 1.807) is 11.3 Å². The van der Waals surface area contributed by atoms with Crippen LogP contribution in [0.25, 0.3) is 65.2 Å². The monoisotopic (exact) mass is 952 g/mol. The largest absolute Gasteiger partial charge is 0.507 e. The van der Waals surface area contributed by atoms with Gasteiger partial charge in [0.1, 0.15) is 5.75 Å². The van der Waals surface area contributed by atoms with E-state index in [1.165, 1.54) is 38.1 Å². The molecule has 0 aliphatic rings. The molecule has 3 aromatic heterocycles. The molecule has 0 aliphatic carbocycles. The minimum atomic E-state index is -0.251. The Balaban J connectivity index is 0.00000549. The third kappa shape index (κ3) is 8.41. The standard InChI is InChI=1S/C52H57N2OS.Pt/c1-30-21-42(39-28-36(50(6,7)8)29-41(47(39)55)52(12,13)14)53-43(22-30)44-26-34-27-45(37-20-19-35(23-31(37)2)49(3,4)5)56-48(34)46(54-44)33-24-32-17-15-16-18-38(32)40(25-33)51(9,10)11;/h15-23,25-29,55H,1-14H3;/q-1;. The molecule has 57 heavy (non-hydrogen) atoms. The number of aromatic nitrogens is 2. The molecule has 0 saturated carbocycles. The minimum Gasteiger partial charge on any atom is -0.507 e. The molecule has 5 heteroatoms. The summed E-state index contributed by atoms with van der Waals surface area (Å²) < 4.78 is 1.13. The van der Waals surface area contributed by atoms with Crippen LogP contribution in [0.1, 0.15) is 116 Å². The van der Waals surface area contributed by atoms with E-state index in [4.69, 9.17) is 9.97 Å². The third-order valence-corrected chi connectivity index (χ3v) is 12.2. The second kappa shape index (κ2) is 14.9. The molecular formula is C52H57N2OPtS-. The molecule has 0 amide bonds. The van der Waals surface area contributed by atoms with Crippen molar-refractivity contribution in [3.63, 3.8) is 0 Å². The quantitative estimate of drug-likeness (QED) is 0.179. The van der Waals surface area contributed by atoms with Gasteiger partial charge >= 0.3 is 0 Å². The first-order valence-corrected chi connectivity index (χ1v) is 20.7. The molecule has 0 unspecified atom stereocenters. The predicted octanol–water partition coefficient (Wildman–Crippen LogP) is 14.8. The fourth-order valence-corrected chi connectivity index (χ4v) is 8.88. The maximum absolute atomic E-state index is 11.9. The molecule has 3 nitrogen and oxygen atoms in total. The van der Waals surface area contributed by atoms with Gasteiger partial charge in [-0.2, -0.15) is 0 Å². The SMILES string of the molecule is Cc1cc(-c2cc3cc(-c4ccc(C(C)(C)C)cc4C)sc3c(-c3[c-]c4ccccc4c(C(C)(C)C)c3)n2)nc(-c2cc(C(C)(C)C)cc(C(C)(C)C)c2O)c1.[Pt]. The number of hydrogen-bond donors (Lipinski definition) is 1. The summed E-state index contributed by atoms with van der Waals surface area (Å²) in [5.74, 6) is 0.287. The Morgan fingerprint density at radius 2 is 1.21 bits per heavy atom. The number of aromatic hydroxyl groups is 1. The Hall–Kier alpha value is -4.11. The van der Waals surface area contributed by atoms with Crippen molar-refractivity contribution in [2.24, 2.45) is 0 Å². The summed E-state index contributed by atoms with van der Waals surface area (Å²) in [6.45, 7) is 31.1. The van der Waals surface area contributed by atoms with Crippen LogP contribution in [0, 0.1) is 19.9 Å². The number of aryl methyl sites for hydroxylation is 2. The molecule has 298 valence electrons. The molecule has 0 radical (unpaired) electrons. The number of phenolic OH excluding ortho intramolecular Hbond substituents is 1. The van der Waals surface area contributed by atoms with Gasteiger partial charge < -0.3 is 5.11 Å². The van der Waals surface area contributed by atoms with Crippen LogP contribution >= 0.6 is 11.3 Å². The molecule has 0 aliphatic heterocycles. The van der Waals surface area contributed by atoms with Crippen LogP contribution in [-0.4, -0.2) is 15.1 Å². The van der Waals surface area contributed by atoms with E-state index >= 15 is 0 Å². The van der Waals surface area contributed by atoms with Gasteiger partial charge in [0.05, 0.1) is 17.1 Å². The van der Waals surface area contributed by atoms with Crippen molar-refractivity contribution in [2.45, 2.75) is 119 Å². The van der Waals surface area contributed by atoms with Gasteiger partial charge in [-0.15, -0.1) is 40.5 Å². The van der Waals surface area contributed by atoms with E-state index < -0.39 is 0 Å². The van der Waals surface area contributed by atoms with Gasteiger partial charge in [-0.25, -0.2) is 4.98 Å². The fraction of sp³-hybridized carbons (Fsp3) is 0.346. The van der Waals surface area contributed by atoms with Gasteiger partial charge in [0, 0.05) is 47.5 Å². The van der Waals surface area contributed by atoms with Gasteiger partial charge in [-0.1, -0.05) is 136 Å². The van der Waals surface area contributed by atoms with Crippen LogP contribution in [0.2, 0.25) is 0 Å². The molecule has 3 heterocycles. The Morgan fingerprint density at radius 1 is 0.579 bits per heavy atom. The maximum Gasteiger partial charge on any atom is 0.128 e. The molecule has 0 bridgehead atoms. The number of rotatable bonds is 4. The van der Waals surface area contributed by atoms with E-state index in [2.05, 4.69) is 188 Å². The average Bonchev–Trinajstić information content (AvgIpc) is 3.52. The van der Waals surface area contributed by atoms with Gasteiger partial charge in [0.15, 0.2) is 0 Å². The summed E-state index contributed by atoms with van der Waals surface area (Å²) >= 11 is 1.80. The van der Waals surface area contributed by atoms with Crippen LogP contribution < -0.4 is 0 Å². The predicted molar refractivity (Wildman–Crippen MR) is 241 cm³/mol. The second-order valence-corrected chi connectivity index (χ2v) is 20.9. The molecule has 0 saturated heterocycles. The molecule has 0 atom stereocenters. The van der Waals surface area contributed by atoms with Crippen LogP contribution in [-0.2, 0) is 42.7 Å². The van der Waals surface area contributed by atoms with Crippen molar-refractivity contribution in [1.82, 2.24) is 9.97 Å². The summed E-state index contributed by atoms with van der Waals surface area (Å²) in [5, 5.41) is 15.3.